The van der Waals surface area contributed by atoms with Crippen LogP contribution in [0.25, 0.3) is 0 Å². The van der Waals surface area contributed by atoms with Gasteiger partial charge >= 0.3 is 5.97 Å². The van der Waals surface area contributed by atoms with E-state index in [2.05, 4.69) is 17.0 Å². The minimum absolute atomic E-state index is 0.00499. The van der Waals surface area contributed by atoms with Crippen molar-refractivity contribution in [3.8, 4) is 0 Å². The molecule has 1 aromatic carbocycles. The van der Waals surface area contributed by atoms with Gasteiger partial charge in [0.05, 0.1) is 12.5 Å². The zero-order chi connectivity index (χ0) is 16.9. The number of piperidine rings is 1. The van der Waals surface area contributed by atoms with E-state index < -0.39 is 5.97 Å². The second kappa shape index (κ2) is 7.45. The number of carboxylic acids is 1. The van der Waals surface area contributed by atoms with Gasteiger partial charge in [0.25, 0.3) is 5.56 Å². The standard InChI is InChI=1S/C19H22N2O3/c22-18-5-1-2-11-21(18)13-16-8-6-15(7-9-16)12-20-10-3-4-17(14-20)19(23)24/h1-2,5-9,11,17H,3-4,10,12-14H2,(H,23,24). The normalized spacial score (nSPS) is 18.4. The summed E-state index contributed by atoms with van der Waals surface area (Å²) in [5.41, 5.74) is 2.24. The highest BCUT2D eigenvalue weighted by molar-refractivity contribution is 5.70. The maximum absolute atomic E-state index is 11.7. The molecule has 0 bridgehead atoms. The van der Waals surface area contributed by atoms with Crippen molar-refractivity contribution in [3.05, 3.63) is 70.1 Å². The van der Waals surface area contributed by atoms with Gasteiger partial charge in [-0.1, -0.05) is 30.3 Å². The molecule has 126 valence electrons. The van der Waals surface area contributed by atoms with Crippen molar-refractivity contribution in [1.82, 2.24) is 9.47 Å². The van der Waals surface area contributed by atoms with Crippen molar-refractivity contribution in [2.75, 3.05) is 13.1 Å². The fourth-order valence-electron chi connectivity index (χ4n) is 3.20. The van der Waals surface area contributed by atoms with Crippen LogP contribution in [0.1, 0.15) is 24.0 Å². The molecule has 3 rings (SSSR count). The maximum atomic E-state index is 11.7. The monoisotopic (exact) mass is 326 g/mol. The van der Waals surface area contributed by atoms with Crippen molar-refractivity contribution >= 4 is 5.97 Å². The number of hydrogen-bond acceptors (Lipinski definition) is 3. The summed E-state index contributed by atoms with van der Waals surface area (Å²) in [6.07, 6.45) is 3.50. The van der Waals surface area contributed by atoms with Crippen LogP contribution in [0.2, 0.25) is 0 Å². The molecule has 1 fully saturated rings. The Morgan fingerprint density at radius 2 is 1.79 bits per heavy atom. The Labute approximate surface area is 141 Å². The molecule has 5 nitrogen and oxygen atoms in total. The lowest BCUT2D eigenvalue weighted by Crippen LogP contribution is -2.38. The quantitative estimate of drug-likeness (QED) is 0.915. The summed E-state index contributed by atoms with van der Waals surface area (Å²) in [7, 11) is 0. The van der Waals surface area contributed by atoms with Crippen LogP contribution in [0.15, 0.2) is 53.5 Å². The highest BCUT2D eigenvalue weighted by Gasteiger charge is 2.25. The van der Waals surface area contributed by atoms with Gasteiger partial charge in [-0.05, 0) is 36.6 Å². The molecule has 1 N–H and O–H groups in total. The SMILES string of the molecule is O=C(O)C1CCCN(Cc2ccc(Cn3ccccc3=O)cc2)C1. The lowest BCUT2D eigenvalue weighted by Gasteiger charge is -2.30. The van der Waals surface area contributed by atoms with E-state index in [0.29, 0.717) is 13.1 Å². The number of carboxylic acid groups (broad SMARTS) is 1. The Bertz CT molecular complexity index is 752. The predicted molar refractivity (Wildman–Crippen MR) is 91.9 cm³/mol. The largest absolute Gasteiger partial charge is 0.481 e. The number of rotatable bonds is 5. The van der Waals surface area contributed by atoms with E-state index in [-0.39, 0.29) is 11.5 Å². The van der Waals surface area contributed by atoms with Gasteiger partial charge < -0.3 is 9.67 Å². The fourth-order valence-corrected chi connectivity index (χ4v) is 3.20. The average Bonchev–Trinajstić information content (AvgIpc) is 2.59. The summed E-state index contributed by atoms with van der Waals surface area (Å²) in [5, 5.41) is 9.17. The van der Waals surface area contributed by atoms with Crippen molar-refractivity contribution in [2.45, 2.75) is 25.9 Å². The first-order valence-corrected chi connectivity index (χ1v) is 8.30. The fraction of sp³-hybridized carbons (Fsp3) is 0.368. The van der Waals surface area contributed by atoms with E-state index in [1.165, 1.54) is 5.56 Å². The molecule has 2 heterocycles. The Morgan fingerprint density at radius 3 is 2.46 bits per heavy atom. The number of carbonyl (C=O) groups is 1. The Kier molecular flexibility index (Phi) is 5.11. The Hall–Kier alpha value is -2.40. The molecule has 0 aliphatic carbocycles. The van der Waals surface area contributed by atoms with Gasteiger partial charge in [-0.25, -0.2) is 0 Å². The first-order chi connectivity index (χ1) is 11.6. The highest BCUT2D eigenvalue weighted by atomic mass is 16.4. The molecule has 1 aliphatic rings. The van der Waals surface area contributed by atoms with Gasteiger partial charge in [-0.2, -0.15) is 0 Å². The average molecular weight is 326 g/mol. The molecule has 24 heavy (non-hydrogen) atoms. The summed E-state index contributed by atoms with van der Waals surface area (Å²) in [4.78, 5) is 25.1. The lowest BCUT2D eigenvalue weighted by atomic mass is 9.98. The number of benzene rings is 1. The van der Waals surface area contributed by atoms with Crippen LogP contribution >= 0.6 is 0 Å². The van der Waals surface area contributed by atoms with Gasteiger partial charge in [0, 0.05) is 25.4 Å². The first kappa shape index (κ1) is 16.5. The molecule has 5 heteroatoms. The van der Waals surface area contributed by atoms with E-state index in [1.54, 1.807) is 22.9 Å². The van der Waals surface area contributed by atoms with Crippen LogP contribution in [0.3, 0.4) is 0 Å². The number of aliphatic carboxylic acids is 1. The second-order valence-electron chi connectivity index (χ2n) is 6.40. The molecule has 0 spiro atoms. The van der Waals surface area contributed by atoms with Crippen LogP contribution in [0, 0.1) is 5.92 Å². The molecule has 1 saturated heterocycles. The van der Waals surface area contributed by atoms with E-state index in [0.717, 1.165) is 31.5 Å². The molecule has 1 aliphatic heterocycles. The van der Waals surface area contributed by atoms with Crippen LogP contribution in [0.5, 0.6) is 0 Å². The lowest BCUT2D eigenvalue weighted by molar-refractivity contribution is -0.143. The zero-order valence-corrected chi connectivity index (χ0v) is 13.6. The van der Waals surface area contributed by atoms with Gasteiger partial charge in [-0.15, -0.1) is 0 Å². The highest BCUT2D eigenvalue weighted by Crippen LogP contribution is 2.19. The van der Waals surface area contributed by atoms with Crippen LogP contribution in [-0.4, -0.2) is 33.6 Å². The Morgan fingerprint density at radius 1 is 1.08 bits per heavy atom. The summed E-state index contributed by atoms with van der Waals surface area (Å²) < 4.78 is 1.68. The number of aromatic nitrogens is 1. The van der Waals surface area contributed by atoms with E-state index >= 15 is 0 Å². The molecular weight excluding hydrogens is 304 g/mol. The smallest absolute Gasteiger partial charge is 0.307 e. The van der Waals surface area contributed by atoms with Crippen molar-refractivity contribution in [1.29, 1.82) is 0 Å². The topological polar surface area (TPSA) is 62.5 Å². The molecule has 0 amide bonds. The first-order valence-electron chi connectivity index (χ1n) is 8.30. The minimum atomic E-state index is -0.691. The van der Waals surface area contributed by atoms with Crippen molar-refractivity contribution in [2.24, 2.45) is 5.92 Å². The Balaban J connectivity index is 1.61. The van der Waals surface area contributed by atoms with E-state index in [4.69, 9.17) is 5.11 Å². The number of nitrogens with zero attached hydrogens (tertiary/aromatic N) is 2. The van der Waals surface area contributed by atoms with E-state index in [9.17, 15) is 9.59 Å². The molecule has 2 aromatic rings. The number of likely N-dealkylation sites (tertiary alicyclic amines) is 1. The van der Waals surface area contributed by atoms with Crippen LogP contribution in [0.4, 0.5) is 0 Å². The third-order valence-electron chi connectivity index (χ3n) is 4.54. The van der Waals surface area contributed by atoms with E-state index in [1.807, 2.05) is 18.2 Å². The zero-order valence-electron chi connectivity index (χ0n) is 13.6. The van der Waals surface area contributed by atoms with Crippen LogP contribution < -0.4 is 5.56 Å². The molecule has 1 atom stereocenters. The summed E-state index contributed by atoms with van der Waals surface area (Å²) in [6, 6.07) is 13.3. The van der Waals surface area contributed by atoms with Gasteiger partial charge in [0.15, 0.2) is 0 Å². The predicted octanol–water partition coefficient (Wildman–Crippen LogP) is 2.19. The molecular formula is C19H22N2O3. The molecule has 1 aromatic heterocycles. The summed E-state index contributed by atoms with van der Waals surface area (Å²) in [5.74, 6) is -0.939. The molecule has 0 saturated carbocycles. The molecule has 0 radical (unpaired) electrons. The van der Waals surface area contributed by atoms with Gasteiger partial charge in [-0.3, -0.25) is 14.5 Å². The minimum Gasteiger partial charge on any atom is -0.481 e. The van der Waals surface area contributed by atoms with Gasteiger partial charge in [0.2, 0.25) is 0 Å². The van der Waals surface area contributed by atoms with Gasteiger partial charge in [0.1, 0.15) is 0 Å². The number of hydrogen-bond donors (Lipinski definition) is 1. The van der Waals surface area contributed by atoms with Crippen molar-refractivity contribution in [3.63, 3.8) is 0 Å². The summed E-state index contributed by atoms with van der Waals surface area (Å²) >= 11 is 0. The van der Waals surface area contributed by atoms with Crippen LogP contribution in [-0.2, 0) is 17.9 Å². The third kappa shape index (κ3) is 4.11. The second-order valence-corrected chi connectivity index (χ2v) is 6.40. The summed E-state index contributed by atoms with van der Waals surface area (Å²) in [6.45, 7) is 2.90. The number of pyridine rings is 1. The third-order valence-corrected chi connectivity index (χ3v) is 4.54. The maximum Gasteiger partial charge on any atom is 0.307 e. The molecule has 1 unspecified atom stereocenters. The van der Waals surface area contributed by atoms with Crippen molar-refractivity contribution < 1.29 is 9.90 Å².